The van der Waals surface area contributed by atoms with Gasteiger partial charge in [0, 0.05) is 31.9 Å². The van der Waals surface area contributed by atoms with E-state index >= 15 is 0 Å². The molecule has 2 atom stereocenters. The predicted octanol–water partition coefficient (Wildman–Crippen LogP) is 4.47. The van der Waals surface area contributed by atoms with E-state index in [2.05, 4.69) is 58.5 Å². The predicted molar refractivity (Wildman–Crippen MR) is 140 cm³/mol. The van der Waals surface area contributed by atoms with Gasteiger partial charge in [-0.25, -0.2) is 0 Å². The Bertz CT molecular complexity index is 1100. The number of nitrogens with one attached hydrogen (secondary N) is 1. The van der Waals surface area contributed by atoms with E-state index in [1.54, 1.807) is 7.11 Å². The number of rotatable bonds is 9. The maximum Gasteiger partial charge on any atom is 0.230 e. The van der Waals surface area contributed by atoms with Crippen molar-refractivity contribution in [1.29, 1.82) is 0 Å². The highest BCUT2D eigenvalue weighted by atomic mass is 32.2. The van der Waals surface area contributed by atoms with Gasteiger partial charge >= 0.3 is 0 Å². The SMILES string of the molecule is COc1ccc(-n2c(C)nnc2SCC(=O)NCc2ccc(CN3CC(C)CC(C)C3)cc2)cc1. The first-order valence-electron chi connectivity index (χ1n) is 12.2. The van der Waals surface area contributed by atoms with Crippen LogP contribution in [-0.4, -0.2) is 51.5 Å². The van der Waals surface area contributed by atoms with Gasteiger partial charge in [0.15, 0.2) is 5.16 Å². The number of aromatic nitrogens is 3. The average molecular weight is 494 g/mol. The van der Waals surface area contributed by atoms with Gasteiger partial charge in [-0.05, 0) is 60.6 Å². The van der Waals surface area contributed by atoms with Gasteiger partial charge in [0.05, 0.1) is 12.9 Å². The minimum atomic E-state index is -0.0303. The second kappa shape index (κ2) is 11.7. The lowest BCUT2D eigenvalue weighted by molar-refractivity contribution is -0.118. The van der Waals surface area contributed by atoms with E-state index in [1.165, 1.54) is 36.8 Å². The second-order valence-corrected chi connectivity index (χ2v) is 10.5. The number of nitrogens with zero attached hydrogens (tertiary/aromatic N) is 4. The van der Waals surface area contributed by atoms with Gasteiger partial charge in [0.2, 0.25) is 5.91 Å². The van der Waals surface area contributed by atoms with Crippen molar-refractivity contribution in [2.45, 2.75) is 45.4 Å². The molecule has 35 heavy (non-hydrogen) atoms. The van der Waals surface area contributed by atoms with Crippen molar-refractivity contribution < 1.29 is 9.53 Å². The van der Waals surface area contributed by atoms with Crippen LogP contribution in [0.3, 0.4) is 0 Å². The zero-order chi connectivity index (χ0) is 24.8. The molecule has 2 heterocycles. The van der Waals surface area contributed by atoms with Gasteiger partial charge < -0.3 is 10.1 Å². The molecule has 0 aliphatic carbocycles. The average Bonchev–Trinajstić information content (AvgIpc) is 3.22. The monoisotopic (exact) mass is 493 g/mol. The third-order valence-electron chi connectivity index (χ3n) is 6.32. The molecule has 1 aliphatic rings. The number of hydrogen-bond acceptors (Lipinski definition) is 6. The molecular formula is C27H35N5O2S. The van der Waals surface area contributed by atoms with Gasteiger partial charge in [-0.15, -0.1) is 10.2 Å². The molecule has 0 radical (unpaired) electrons. The summed E-state index contributed by atoms with van der Waals surface area (Å²) in [6.07, 6.45) is 1.33. The summed E-state index contributed by atoms with van der Waals surface area (Å²) < 4.78 is 7.18. The summed E-state index contributed by atoms with van der Waals surface area (Å²) in [5.41, 5.74) is 3.36. The fourth-order valence-corrected chi connectivity index (χ4v) is 5.62. The number of ether oxygens (including phenoxy) is 1. The Morgan fingerprint density at radius 1 is 1.03 bits per heavy atom. The highest BCUT2D eigenvalue weighted by Gasteiger charge is 2.21. The summed E-state index contributed by atoms with van der Waals surface area (Å²) in [5.74, 6) is 3.33. The van der Waals surface area contributed by atoms with Gasteiger partial charge in [0.25, 0.3) is 0 Å². The van der Waals surface area contributed by atoms with Gasteiger partial charge in [-0.1, -0.05) is 49.9 Å². The Morgan fingerprint density at radius 2 is 1.69 bits per heavy atom. The number of amides is 1. The van der Waals surface area contributed by atoms with Crippen LogP contribution in [0.2, 0.25) is 0 Å². The molecule has 8 heteroatoms. The molecule has 0 bridgehead atoms. The topological polar surface area (TPSA) is 72.3 Å². The lowest BCUT2D eigenvalue weighted by Gasteiger charge is -2.35. The number of carbonyl (C=O) groups is 1. The molecule has 2 aromatic carbocycles. The normalized spacial score (nSPS) is 18.4. The first kappa shape index (κ1) is 25.3. The first-order chi connectivity index (χ1) is 16.9. The molecule has 1 N–H and O–H groups in total. The Kier molecular flexibility index (Phi) is 8.46. The number of hydrogen-bond donors (Lipinski definition) is 1. The third kappa shape index (κ3) is 6.86. The van der Waals surface area contributed by atoms with Crippen LogP contribution in [0, 0.1) is 18.8 Å². The van der Waals surface area contributed by atoms with Crippen LogP contribution in [0.1, 0.15) is 37.2 Å². The highest BCUT2D eigenvalue weighted by Crippen LogP contribution is 2.24. The lowest BCUT2D eigenvalue weighted by atomic mass is 9.91. The van der Waals surface area contributed by atoms with Crippen molar-refractivity contribution in [3.63, 3.8) is 0 Å². The fraction of sp³-hybridized carbons (Fsp3) is 0.444. The third-order valence-corrected chi connectivity index (χ3v) is 7.25. The number of piperidine rings is 1. The van der Waals surface area contributed by atoms with E-state index in [4.69, 9.17) is 4.74 Å². The van der Waals surface area contributed by atoms with Gasteiger partial charge in [0.1, 0.15) is 11.6 Å². The van der Waals surface area contributed by atoms with E-state index < -0.39 is 0 Å². The zero-order valence-corrected chi connectivity index (χ0v) is 21.8. The standard InChI is InChI=1S/C27H35N5O2S/c1-19-13-20(2)16-31(15-19)17-23-7-5-22(6-8-23)14-28-26(33)18-35-27-30-29-21(3)32(27)24-9-11-25(34-4)12-10-24/h5-12,19-20H,13-18H2,1-4H3,(H,28,33). The molecule has 0 spiro atoms. The van der Waals surface area contributed by atoms with E-state index in [1.807, 2.05) is 35.8 Å². The summed E-state index contributed by atoms with van der Waals surface area (Å²) in [5, 5.41) is 12.2. The summed E-state index contributed by atoms with van der Waals surface area (Å²) in [6.45, 7) is 10.4. The molecule has 4 rings (SSSR count). The largest absolute Gasteiger partial charge is 0.497 e. The Labute approximate surface area is 212 Å². The molecule has 1 aromatic heterocycles. The fourth-order valence-electron chi connectivity index (χ4n) is 4.79. The van der Waals surface area contributed by atoms with Crippen molar-refractivity contribution in [2.24, 2.45) is 11.8 Å². The molecule has 7 nitrogen and oxygen atoms in total. The Balaban J connectivity index is 1.26. The minimum absolute atomic E-state index is 0.0303. The van der Waals surface area contributed by atoms with Crippen molar-refractivity contribution >= 4 is 17.7 Å². The molecule has 1 fully saturated rings. The Hall–Kier alpha value is -2.84. The van der Waals surface area contributed by atoms with Crippen LogP contribution < -0.4 is 10.1 Å². The van der Waals surface area contributed by atoms with Crippen molar-refractivity contribution in [2.75, 3.05) is 26.0 Å². The first-order valence-corrected chi connectivity index (χ1v) is 13.2. The maximum absolute atomic E-state index is 12.5. The number of likely N-dealkylation sites (tertiary alicyclic amines) is 1. The summed E-state index contributed by atoms with van der Waals surface area (Å²) in [4.78, 5) is 15.1. The molecule has 0 saturated carbocycles. The molecule has 3 aromatic rings. The number of benzene rings is 2. The molecule has 1 amide bonds. The van der Waals surface area contributed by atoms with E-state index in [0.29, 0.717) is 11.7 Å². The smallest absolute Gasteiger partial charge is 0.230 e. The van der Waals surface area contributed by atoms with Gasteiger partial charge in [-0.3, -0.25) is 14.3 Å². The lowest BCUT2D eigenvalue weighted by Crippen LogP contribution is -2.38. The van der Waals surface area contributed by atoms with E-state index in [0.717, 1.165) is 41.2 Å². The number of carbonyl (C=O) groups excluding carboxylic acids is 1. The van der Waals surface area contributed by atoms with Gasteiger partial charge in [-0.2, -0.15) is 0 Å². The molecule has 1 saturated heterocycles. The van der Waals surface area contributed by atoms with Crippen LogP contribution in [0.5, 0.6) is 5.75 Å². The van der Waals surface area contributed by atoms with Crippen LogP contribution in [0.15, 0.2) is 53.7 Å². The summed E-state index contributed by atoms with van der Waals surface area (Å²) >= 11 is 1.38. The summed E-state index contributed by atoms with van der Waals surface area (Å²) in [7, 11) is 1.64. The maximum atomic E-state index is 12.5. The molecule has 2 unspecified atom stereocenters. The van der Waals surface area contributed by atoms with Crippen molar-refractivity contribution in [1.82, 2.24) is 25.0 Å². The van der Waals surface area contributed by atoms with Crippen molar-refractivity contribution in [3.8, 4) is 11.4 Å². The Morgan fingerprint density at radius 3 is 2.34 bits per heavy atom. The van der Waals surface area contributed by atoms with E-state index in [9.17, 15) is 4.79 Å². The zero-order valence-electron chi connectivity index (χ0n) is 21.0. The summed E-state index contributed by atoms with van der Waals surface area (Å²) in [6, 6.07) is 16.3. The minimum Gasteiger partial charge on any atom is -0.497 e. The number of aryl methyl sites for hydroxylation is 1. The molecule has 186 valence electrons. The van der Waals surface area contributed by atoms with Crippen molar-refractivity contribution in [3.05, 3.63) is 65.5 Å². The number of methoxy groups -OCH3 is 1. The van der Waals surface area contributed by atoms with Crippen LogP contribution in [0.4, 0.5) is 0 Å². The van der Waals surface area contributed by atoms with E-state index in [-0.39, 0.29) is 11.7 Å². The second-order valence-electron chi connectivity index (χ2n) is 9.59. The quantitative estimate of drug-likeness (QED) is 0.444. The molecular weight excluding hydrogens is 458 g/mol. The van der Waals surface area contributed by atoms with Crippen LogP contribution in [-0.2, 0) is 17.9 Å². The molecule has 1 aliphatic heterocycles. The van der Waals surface area contributed by atoms with Crippen LogP contribution >= 0.6 is 11.8 Å². The van der Waals surface area contributed by atoms with Crippen LogP contribution in [0.25, 0.3) is 5.69 Å². The highest BCUT2D eigenvalue weighted by molar-refractivity contribution is 7.99. The number of thioether (sulfide) groups is 1.